The fourth-order valence-electron chi connectivity index (χ4n) is 1.45. The Labute approximate surface area is 124 Å². The first-order valence-corrected chi connectivity index (χ1v) is 5.73. The molecule has 0 amide bonds. The van der Waals surface area contributed by atoms with Gasteiger partial charge in [-0.3, -0.25) is 9.27 Å². The molecule has 0 aliphatic carbocycles. The molecule has 2 N–H and O–H groups in total. The average Bonchev–Trinajstić information content (AvgIpc) is 2.16. The van der Waals surface area contributed by atoms with Crippen molar-refractivity contribution in [2.24, 2.45) is 0 Å². The maximum absolute atomic E-state index is 10.7. The van der Waals surface area contributed by atoms with Crippen molar-refractivity contribution in [2.45, 2.75) is 0 Å². The van der Waals surface area contributed by atoms with Gasteiger partial charge in [-0.2, -0.15) is 8.42 Å². The first-order chi connectivity index (χ1) is 7.06. The summed E-state index contributed by atoms with van der Waals surface area (Å²) in [7, 11) is -4.22. The Hall–Kier alpha value is -0.330. The van der Waals surface area contributed by atoms with E-state index in [1.807, 2.05) is 18.2 Å². The topological polar surface area (TPSA) is 66.4 Å². The van der Waals surface area contributed by atoms with E-state index >= 15 is 0 Å². The van der Waals surface area contributed by atoms with E-state index in [0.29, 0.717) is 5.69 Å². The van der Waals surface area contributed by atoms with E-state index in [1.165, 1.54) is 0 Å². The van der Waals surface area contributed by atoms with Crippen LogP contribution < -0.4 is 4.72 Å². The number of rotatable bonds is 2. The molecule has 0 saturated heterocycles. The Balaban J connectivity index is 0.00000128. The second-order valence-corrected chi connectivity index (χ2v) is 4.26. The molecule has 2 aromatic carbocycles. The average molecular weight is 265 g/mol. The molecule has 4 nitrogen and oxygen atoms in total. The zero-order valence-corrected chi connectivity index (χ0v) is 8.53. The second kappa shape index (κ2) is 5.33. The SMILES string of the molecule is O=S(=O)(O)Nc1cccc2ccccc12.[CaH2]. The summed E-state index contributed by atoms with van der Waals surface area (Å²) in [5.41, 5.74) is 0.371. The summed E-state index contributed by atoms with van der Waals surface area (Å²) in [6.07, 6.45) is 0. The van der Waals surface area contributed by atoms with Gasteiger partial charge in [0.05, 0.1) is 5.69 Å². The number of anilines is 1. The molecule has 0 saturated carbocycles. The molecule has 0 aromatic heterocycles. The van der Waals surface area contributed by atoms with Crippen LogP contribution in [0.25, 0.3) is 10.8 Å². The minimum atomic E-state index is -4.22. The molecule has 0 fully saturated rings. The van der Waals surface area contributed by atoms with Crippen molar-refractivity contribution in [1.82, 2.24) is 0 Å². The van der Waals surface area contributed by atoms with Crippen molar-refractivity contribution in [3.05, 3.63) is 42.5 Å². The van der Waals surface area contributed by atoms with Crippen LogP contribution in [0.3, 0.4) is 0 Å². The molecule has 0 heterocycles. The first kappa shape index (κ1) is 13.7. The van der Waals surface area contributed by atoms with E-state index in [9.17, 15) is 8.42 Å². The fourth-order valence-corrected chi connectivity index (χ4v) is 1.91. The van der Waals surface area contributed by atoms with Crippen molar-refractivity contribution < 1.29 is 13.0 Å². The third kappa shape index (κ3) is 3.33. The van der Waals surface area contributed by atoms with Crippen LogP contribution in [0.4, 0.5) is 5.69 Å². The Bertz CT molecular complexity index is 593. The van der Waals surface area contributed by atoms with E-state index in [1.54, 1.807) is 24.3 Å². The summed E-state index contributed by atoms with van der Waals surface area (Å²) in [6.45, 7) is 0. The Morgan fingerprint density at radius 3 is 2.31 bits per heavy atom. The molecule has 0 unspecified atom stereocenters. The number of hydrogen-bond donors (Lipinski definition) is 2. The number of nitrogens with one attached hydrogen (secondary N) is 1. The van der Waals surface area contributed by atoms with Crippen LogP contribution in [0.15, 0.2) is 42.5 Å². The monoisotopic (exact) mass is 265 g/mol. The van der Waals surface area contributed by atoms with Crippen LogP contribution in [0, 0.1) is 0 Å². The summed E-state index contributed by atoms with van der Waals surface area (Å²) < 4.78 is 32.1. The van der Waals surface area contributed by atoms with Crippen LogP contribution in [0.1, 0.15) is 0 Å². The van der Waals surface area contributed by atoms with Crippen LogP contribution >= 0.6 is 0 Å². The standard InChI is InChI=1S/C10H9NO3S.Ca.2H/c12-15(13,14)11-10-7-3-5-8-4-1-2-6-9(8)10;;;/h1-7,11H,(H,12,13,14);;;. The molecular weight excluding hydrogens is 254 g/mol. The van der Waals surface area contributed by atoms with Crippen molar-refractivity contribution in [3.8, 4) is 0 Å². The van der Waals surface area contributed by atoms with E-state index < -0.39 is 10.3 Å². The molecule has 0 aliphatic heterocycles. The summed E-state index contributed by atoms with van der Waals surface area (Å²) in [5.74, 6) is 0. The minimum absolute atomic E-state index is 0. The summed E-state index contributed by atoms with van der Waals surface area (Å²) in [6, 6.07) is 12.5. The van der Waals surface area contributed by atoms with Crippen LogP contribution in [-0.2, 0) is 10.3 Å². The molecule has 0 atom stereocenters. The molecule has 2 rings (SSSR count). The number of benzene rings is 2. The van der Waals surface area contributed by atoms with Gasteiger partial charge in [0.15, 0.2) is 0 Å². The van der Waals surface area contributed by atoms with Gasteiger partial charge in [-0.05, 0) is 11.5 Å². The van der Waals surface area contributed by atoms with Crippen molar-refractivity contribution in [3.63, 3.8) is 0 Å². The summed E-state index contributed by atoms with van der Waals surface area (Å²) in [4.78, 5) is 0. The van der Waals surface area contributed by atoms with Crippen molar-refractivity contribution in [2.75, 3.05) is 4.72 Å². The van der Waals surface area contributed by atoms with Crippen LogP contribution in [-0.4, -0.2) is 50.7 Å². The Kier molecular flexibility index (Phi) is 4.58. The maximum atomic E-state index is 10.7. The van der Waals surface area contributed by atoms with Gasteiger partial charge in [0, 0.05) is 5.39 Å². The third-order valence-corrected chi connectivity index (χ3v) is 2.51. The zero-order valence-electron chi connectivity index (χ0n) is 7.71. The second-order valence-electron chi connectivity index (χ2n) is 3.10. The van der Waals surface area contributed by atoms with Crippen molar-refractivity contribution in [1.29, 1.82) is 0 Å². The van der Waals surface area contributed by atoms with Crippen molar-refractivity contribution >= 4 is 64.5 Å². The third-order valence-electron chi connectivity index (χ3n) is 2.03. The first-order valence-electron chi connectivity index (χ1n) is 4.29. The molecule has 82 valence electrons. The molecular formula is C10H11CaNO3S. The normalized spacial score (nSPS) is 10.8. The van der Waals surface area contributed by atoms with Gasteiger partial charge >= 0.3 is 48.0 Å². The van der Waals surface area contributed by atoms with Gasteiger partial charge in [0.2, 0.25) is 0 Å². The quantitative estimate of drug-likeness (QED) is 0.632. The molecule has 6 heteroatoms. The predicted molar refractivity (Wildman–Crippen MR) is 67.7 cm³/mol. The predicted octanol–water partition coefficient (Wildman–Crippen LogP) is 1.14. The van der Waals surface area contributed by atoms with Gasteiger partial charge in [-0.15, -0.1) is 0 Å². The van der Waals surface area contributed by atoms with Gasteiger partial charge < -0.3 is 0 Å². The number of hydrogen-bond acceptors (Lipinski definition) is 2. The summed E-state index contributed by atoms with van der Waals surface area (Å²) in [5, 5.41) is 1.66. The van der Waals surface area contributed by atoms with Gasteiger partial charge in [-0.1, -0.05) is 36.4 Å². The molecule has 0 radical (unpaired) electrons. The Morgan fingerprint density at radius 2 is 1.62 bits per heavy atom. The van der Waals surface area contributed by atoms with E-state index in [-0.39, 0.29) is 37.7 Å². The van der Waals surface area contributed by atoms with Gasteiger partial charge in [0.25, 0.3) is 0 Å². The molecule has 2 aromatic rings. The number of fused-ring (bicyclic) bond motifs is 1. The summed E-state index contributed by atoms with van der Waals surface area (Å²) >= 11 is 0. The van der Waals surface area contributed by atoms with Crippen LogP contribution in [0.5, 0.6) is 0 Å². The Morgan fingerprint density at radius 1 is 1.00 bits per heavy atom. The molecule has 16 heavy (non-hydrogen) atoms. The van der Waals surface area contributed by atoms with Gasteiger partial charge in [-0.25, -0.2) is 0 Å². The van der Waals surface area contributed by atoms with Crippen LogP contribution in [0.2, 0.25) is 0 Å². The molecule has 0 aliphatic rings. The fraction of sp³-hybridized carbons (Fsp3) is 0. The molecule has 0 bridgehead atoms. The van der Waals surface area contributed by atoms with Gasteiger partial charge in [0.1, 0.15) is 0 Å². The zero-order chi connectivity index (χ0) is 10.9. The molecule has 0 spiro atoms. The van der Waals surface area contributed by atoms with E-state index in [2.05, 4.69) is 4.72 Å². The van der Waals surface area contributed by atoms with E-state index in [0.717, 1.165) is 10.8 Å². The van der Waals surface area contributed by atoms with E-state index in [4.69, 9.17) is 4.55 Å².